The quantitative estimate of drug-likeness (QED) is 0.701. The van der Waals surface area contributed by atoms with E-state index < -0.39 is 0 Å². The molecule has 0 unspecified atom stereocenters. The molecule has 0 bridgehead atoms. The van der Waals surface area contributed by atoms with Crippen molar-refractivity contribution in [2.75, 3.05) is 27.2 Å². The number of hydrogen-bond acceptors (Lipinski definition) is 5. The summed E-state index contributed by atoms with van der Waals surface area (Å²) in [4.78, 5) is 13.5. The molecular formula is C19H27N7. The van der Waals surface area contributed by atoms with Crippen molar-refractivity contribution < 1.29 is 0 Å². The summed E-state index contributed by atoms with van der Waals surface area (Å²) < 4.78 is 4.16. The van der Waals surface area contributed by atoms with E-state index in [-0.39, 0.29) is 0 Å². The zero-order valence-electron chi connectivity index (χ0n) is 15.8. The van der Waals surface area contributed by atoms with Crippen LogP contribution in [0.3, 0.4) is 0 Å². The van der Waals surface area contributed by atoms with Gasteiger partial charge in [0.25, 0.3) is 0 Å². The van der Waals surface area contributed by atoms with Gasteiger partial charge in [-0.05, 0) is 46.1 Å². The summed E-state index contributed by atoms with van der Waals surface area (Å²) in [6.45, 7) is 4.05. The van der Waals surface area contributed by atoms with Crippen LogP contribution in [0.4, 0.5) is 0 Å². The van der Waals surface area contributed by atoms with Crippen molar-refractivity contribution in [1.82, 2.24) is 33.9 Å². The Balaban J connectivity index is 1.47. The molecule has 0 atom stereocenters. The highest BCUT2D eigenvalue weighted by molar-refractivity contribution is 5.47. The Morgan fingerprint density at radius 1 is 1.19 bits per heavy atom. The highest BCUT2D eigenvalue weighted by Gasteiger charge is 2.24. The maximum absolute atomic E-state index is 4.64. The van der Waals surface area contributed by atoms with Crippen molar-refractivity contribution in [1.29, 1.82) is 0 Å². The van der Waals surface area contributed by atoms with Gasteiger partial charge >= 0.3 is 0 Å². The fourth-order valence-corrected chi connectivity index (χ4v) is 3.87. The second-order valence-corrected chi connectivity index (χ2v) is 7.56. The Bertz CT molecular complexity index is 871. The average molecular weight is 353 g/mol. The first-order valence-corrected chi connectivity index (χ1v) is 9.25. The van der Waals surface area contributed by atoms with E-state index >= 15 is 0 Å². The maximum atomic E-state index is 4.64. The Hall–Kier alpha value is -2.25. The SMILES string of the molecule is CN(C)Cc1cnn2c(C3CCN(Cc4cncn4C)CC3)ccnc12. The normalized spacial score (nSPS) is 16.8. The molecule has 1 aliphatic rings. The van der Waals surface area contributed by atoms with Gasteiger partial charge in [0, 0.05) is 49.7 Å². The Kier molecular flexibility index (Phi) is 4.74. The first-order valence-electron chi connectivity index (χ1n) is 9.25. The highest BCUT2D eigenvalue weighted by atomic mass is 15.3. The minimum Gasteiger partial charge on any atom is -0.337 e. The van der Waals surface area contributed by atoms with Crippen molar-refractivity contribution in [3.05, 3.63) is 47.9 Å². The fraction of sp³-hybridized carbons (Fsp3) is 0.526. The van der Waals surface area contributed by atoms with Crippen LogP contribution in [-0.4, -0.2) is 61.1 Å². The lowest BCUT2D eigenvalue weighted by molar-refractivity contribution is 0.198. The van der Waals surface area contributed by atoms with E-state index in [1.54, 1.807) is 0 Å². The summed E-state index contributed by atoms with van der Waals surface area (Å²) in [6, 6.07) is 2.14. The molecule has 7 nitrogen and oxygen atoms in total. The molecule has 0 aromatic carbocycles. The zero-order valence-corrected chi connectivity index (χ0v) is 15.8. The van der Waals surface area contributed by atoms with Crippen molar-refractivity contribution in [2.24, 2.45) is 7.05 Å². The fourth-order valence-electron chi connectivity index (χ4n) is 3.87. The smallest absolute Gasteiger partial charge is 0.159 e. The van der Waals surface area contributed by atoms with E-state index in [0.717, 1.165) is 44.7 Å². The third-order valence-corrected chi connectivity index (χ3v) is 5.30. The van der Waals surface area contributed by atoms with Gasteiger partial charge in [-0.25, -0.2) is 14.5 Å². The van der Waals surface area contributed by atoms with Gasteiger partial charge in [-0.15, -0.1) is 0 Å². The predicted octanol–water partition coefficient (Wildman–Crippen LogP) is 1.90. The van der Waals surface area contributed by atoms with Crippen molar-refractivity contribution >= 4 is 5.65 Å². The molecule has 138 valence electrons. The molecule has 7 heteroatoms. The van der Waals surface area contributed by atoms with Gasteiger partial charge in [-0.2, -0.15) is 5.10 Å². The van der Waals surface area contributed by atoms with E-state index in [9.17, 15) is 0 Å². The topological polar surface area (TPSA) is 54.5 Å². The molecule has 1 fully saturated rings. The van der Waals surface area contributed by atoms with E-state index in [0.29, 0.717) is 5.92 Å². The predicted molar refractivity (Wildman–Crippen MR) is 101 cm³/mol. The van der Waals surface area contributed by atoms with Crippen LogP contribution in [0, 0.1) is 0 Å². The van der Waals surface area contributed by atoms with Crippen LogP contribution in [0.25, 0.3) is 5.65 Å². The summed E-state index contributed by atoms with van der Waals surface area (Å²) in [6.07, 6.45) is 10.0. The van der Waals surface area contributed by atoms with E-state index in [4.69, 9.17) is 0 Å². The zero-order chi connectivity index (χ0) is 18.1. The second-order valence-electron chi connectivity index (χ2n) is 7.56. The van der Waals surface area contributed by atoms with Crippen LogP contribution in [0.5, 0.6) is 0 Å². The molecule has 26 heavy (non-hydrogen) atoms. The molecule has 0 N–H and O–H groups in total. The molecule has 0 saturated carbocycles. The van der Waals surface area contributed by atoms with Crippen LogP contribution in [0.1, 0.15) is 35.7 Å². The lowest BCUT2D eigenvalue weighted by Crippen LogP contribution is -2.33. The molecule has 0 aliphatic carbocycles. The number of nitrogens with zero attached hydrogens (tertiary/aromatic N) is 7. The molecule has 0 radical (unpaired) electrons. The number of fused-ring (bicyclic) bond motifs is 1. The van der Waals surface area contributed by atoms with Crippen LogP contribution in [0.15, 0.2) is 31.0 Å². The van der Waals surface area contributed by atoms with Gasteiger partial charge in [-0.1, -0.05) is 0 Å². The molecule has 4 rings (SSSR count). The van der Waals surface area contributed by atoms with Crippen LogP contribution in [-0.2, 0) is 20.1 Å². The summed E-state index contributed by atoms with van der Waals surface area (Å²) in [5.41, 5.74) is 4.74. The summed E-state index contributed by atoms with van der Waals surface area (Å²) in [5.74, 6) is 0.537. The molecule has 3 aromatic rings. The van der Waals surface area contributed by atoms with Gasteiger partial charge in [0.15, 0.2) is 5.65 Å². The summed E-state index contributed by atoms with van der Waals surface area (Å²) in [7, 11) is 6.21. The molecular weight excluding hydrogens is 326 g/mol. The monoisotopic (exact) mass is 353 g/mol. The number of aromatic nitrogens is 5. The Morgan fingerprint density at radius 2 is 2.00 bits per heavy atom. The summed E-state index contributed by atoms with van der Waals surface area (Å²) >= 11 is 0. The van der Waals surface area contributed by atoms with Crippen molar-refractivity contribution in [3.8, 4) is 0 Å². The van der Waals surface area contributed by atoms with Gasteiger partial charge in [0.1, 0.15) is 0 Å². The van der Waals surface area contributed by atoms with E-state index in [1.165, 1.54) is 17.0 Å². The van der Waals surface area contributed by atoms with Crippen molar-refractivity contribution in [2.45, 2.75) is 31.8 Å². The number of likely N-dealkylation sites (tertiary alicyclic amines) is 1. The number of imidazole rings is 1. The standard InChI is InChI=1S/C19H27N7/c1-23(2)12-16-10-22-26-18(4-7-21-19(16)26)15-5-8-25(9-6-15)13-17-11-20-14-24(17)3/h4,7,10-11,14-15H,5-6,8-9,12-13H2,1-3H3. The van der Waals surface area contributed by atoms with Gasteiger partial charge < -0.3 is 9.47 Å². The van der Waals surface area contributed by atoms with Crippen molar-refractivity contribution in [3.63, 3.8) is 0 Å². The number of aryl methyl sites for hydroxylation is 1. The molecule has 0 spiro atoms. The molecule has 1 saturated heterocycles. The van der Waals surface area contributed by atoms with Crippen LogP contribution < -0.4 is 0 Å². The Labute approximate surface area is 154 Å². The summed E-state index contributed by atoms with van der Waals surface area (Å²) in [5, 5.41) is 4.64. The molecule has 4 heterocycles. The molecule has 0 amide bonds. The minimum absolute atomic E-state index is 0.537. The first-order chi connectivity index (χ1) is 12.6. The Morgan fingerprint density at radius 3 is 2.69 bits per heavy atom. The van der Waals surface area contributed by atoms with Gasteiger partial charge in [0.2, 0.25) is 0 Å². The molecule has 1 aliphatic heterocycles. The lowest BCUT2D eigenvalue weighted by Gasteiger charge is -2.32. The van der Waals surface area contributed by atoms with E-state index in [2.05, 4.69) is 61.2 Å². The molecule has 3 aromatic heterocycles. The highest BCUT2D eigenvalue weighted by Crippen LogP contribution is 2.29. The maximum Gasteiger partial charge on any atom is 0.159 e. The first kappa shape index (κ1) is 17.2. The minimum atomic E-state index is 0.537. The van der Waals surface area contributed by atoms with E-state index in [1.807, 2.05) is 24.9 Å². The lowest BCUT2D eigenvalue weighted by atomic mass is 9.93. The van der Waals surface area contributed by atoms with Gasteiger partial charge in [-0.3, -0.25) is 4.90 Å². The third-order valence-electron chi connectivity index (χ3n) is 5.30. The van der Waals surface area contributed by atoms with Crippen LogP contribution >= 0.6 is 0 Å². The van der Waals surface area contributed by atoms with Crippen LogP contribution in [0.2, 0.25) is 0 Å². The number of hydrogen-bond donors (Lipinski definition) is 0. The number of piperidine rings is 1. The average Bonchev–Trinajstić information content (AvgIpc) is 3.22. The number of rotatable bonds is 5. The van der Waals surface area contributed by atoms with Gasteiger partial charge in [0.05, 0.1) is 18.2 Å². The third kappa shape index (κ3) is 3.37. The largest absolute Gasteiger partial charge is 0.337 e. The second kappa shape index (κ2) is 7.17.